The van der Waals surface area contributed by atoms with Gasteiger partial charge in [0.05, 0.1) is 23.3 Å². The third kappa shape index (κ3) is 3.84. The fourth-order valence-corrected chi connectivity index (χ4v) is 1.32. The Kier molecular flexibility index (Phi) is 5.11. The molecule has 9 nitrogen and oxygen atoms in total. The molecule has 1 aromatic rings. The molecule has 0 saturated heterocycles. The van der Waals surface area contributed by atoms with Crippen molar-refractivity contribution in [3.8, 4) is 0 Å². The minimum atomic E-state index is -1.94. The second-order valence-corrected chi connectivity index (χ2v) is 3.78. The first-order valence-corrected chi connectivity index (χ1v) is 5.43. The van der Waals surface area contributed by atoms with E-state index in [1.165, 1.54) is 0 Å². The predicted octanol–water partition coefficient (Wildman–Crippen LogP) is -0.880. The summed E-state index contributed by atoms with van der Waals surface area (Å²) >= 11 is 0. The van der Waals surface area contributed by atoms with Crippen LogP contribution in [-0.4, -0.2) is 57.0 Å². The van der Waals surface area contributed by atoms with E-state index in [1.54, 1.807) is 0 Å². The van der Waals surface area contributed by atoms with Gasteiger partial charge < -0.3 is 25.2 Å². The SMILES string of the molecule is O=C(O)c1ccc(C(=O)OC(=O)C(O)CO)c(C(=O)O)c1. The zero-order valence-corrected chi connectivity index (χ0v) is 10.3. The van der Waals surface area contributed by atoms with Crippen LogP contribution in [0.15, 0.2) is 18.2 Å². The van der Waals surface area contributed by atoms with Crippen LogP contribution in [0.3, 0.4) is 0 Å². The number of carbonyl (C=O) groups excluding carboxylic acids is 2. The molecule has 0 aliphatic heterocycles. The van der Waals surface area contributed by atoms with E-state index in [1.807, 2.05) is 0 Å². The summed E-state index contributed by atoms with van der Waals surface area (Å²) in [5.41, 5.74) is -1.61. The average Bonchev–Trinajstić information content (AvgIpc) is 2.45. The number of carbonyl (C=O) groups is 4. The van der Waals surface area contributed by atoms with Crippen molar-refractivity contribution in [1.29, 1.82) is 0 Å². The largest absolute Gasteiger partial charge is 0.478 e. The van der Waals surface area contributed by atoms with E-state index in [2.05, 4.69) is 4.74 Å². The summed E-state index contributed by atoms with van der Waals surface area (Å²) in [7, 11) is 0. The molecule has 21 heavy (non-hydrogen) atoms. The van der Waals surface area contributed by atoms with Crippen molar-refractivity contribution in [3.05, 3.63) is 34.9 Å². The van der Waals surface area contributed by atoms with Crippen molar-refractivity contribution in [3.63, 3.8) is 0 Å². The van der Waals surface area contributed by atoms with Crippen molar-refractivity contribution in [2.45, 2.75) is 6.10 Å². The lowest BCUT2D eigenvalue weighted by molar-refractivity contribution is -0.149. The lowest BCUT2D eigenvalue weighted by Crippen LogP contribution is -2.29. The Hall–Kier alpha value is -2.78. The van der Waals surface area contributed by atoms with E-state index in [-0.39, 0.29) is 5.56 Å². The lowest BCUT2D eigenvalue weighted by atomic mass is 10.0. The molecule has 0 aliphatic rings. The summed E-state index contributed by atoms with van der Waals surface area (Å²) in [5.74, 6) is -5.84. The van der Waals surface area contributed by atoms with Crippen molar-refractivity contribution in [1.82, 2.24) is 0 Å². The molecule has 1 aromatic carbocycles. The van der Waals surface area contributed by atoms with Crippen molar-refractivity contribution in [2.75, 3.05) is 6.61 Å². The van der Waals surface area contributed by atoms with Crippen molar-refractivity contribution in [2.24, 2.45) is 0 Å². The molecule has 0 saturated carbocycles. The van der Waals surface area contributed by atoms with Gasteiger partial charge in [0.2, 0.25) is 0 Å². The first-order valence-electron chi connectivity index (χ1n) is 5.43. The van der Waals surface area contributed by atoms with Gasteiger partial charge in [0.1, 0.15) is 0 Å². The Morgan fingerprint density at radius 3 is 2.14 bits per heavy atom. The van der Waals surface area contributed by atoms with Crippen LogP contribution in [0.4, 0.5) is 0 Å². The maximum atomic E-state index is 11.6. The number of benzene rings is 1. The maximum absolute atomic E-state index is 11.6. The number of aliphatic hydroxyl groups excluding tert-OH is 2. The molecule has 1 rings (SSSR count). The first kappa shape index (κ1) is 16.3. The van der Waals surface area contributed by atoms with Gasteiger partial charge in [0.25, 0.3) is 0 Å². The van der Waals surface area contributed by atoms with E-state index in [0.717, 1.165) is 18.2 Å². The second-order valence-electron chi connectivity index (χ2n) is 3.78. The van der Waals surface area contributed by atoms with Gasteiger partial charge in [-0.1, -0.05) is 0 Å². The summed E-state index contributed by atoms with van der Waals surface area (Å²) in [6.45, 7) is -0.976. The molecule has 4 N–H and O–H groups in total. The van der Waals surface area contributed by atoms with Crippen LogP contribution in [-0.2, 0) is 9.53 Å². The fourth-order valence-electron chi connectivity index (χ4n) is 1.32. The zero-order chi connectivity index (χ0) is 16.2. The van der Waals surface area contributed by atoms with Crippen LogP contribution < -0.4 is 0 Å². The molecule has 0 heterocycles. The summed E-state index contributed by atoms with van der Waals surface area (Å²) in [6, 6.07) is 2.56. The Balaban J connectivity index is 3.12. The Bertz CT molecular complexity index is 605. The molecule has 0 amide bonds. The summed E-state index contributed by atoms with van der Waals surface area (Å²) in [5, 5.41) is 35.1. The van der Waals surface area contributed by atoms with Crippen molar-refractivity contribution >= 4 is 23.9 Å². The van der Waals surface area contributed by atoms with Gasteiger partial charge in [-0.2, -0.15) is 0 Å². The molecular formula is C12H10O9. The average molecular weight is 298 g/mol. The molecule has 0 spiro atoms. The summed E-state index contributed by atoms with van der Waals surface area (Å²) < 4.78 is 4.18. The van der Waals surface area contributed by atoms with Crippen LogP contribution in [0.5, 0.6) is 0 Å². The van der Waals surface area contributed by atoms with Gasteiger partial charge in [-0.05, 0) is 18.2 Å². The Morgan fingerprint density at radius 1 is 1.05 bits per heavy atom. The highest BCUT2D eigenvalue weighted by molar-refractivity contribution is 6.07. The molecule has 0 radical (unpaired) electrons. The van der Waals surface area contributed by atoms with E-state index >= 15 is 0 Å². The Morgan fingerprint density at radius 2 is 1.67 bits per heavy atom. The van der Waals surface area contributed by atoms with Gasteiger partial charge in [-0.3, -0.25) is 0 Å². The van der Waals surface area contributed by atoms with Crippen LogP contribution in [0.2, 0.25) is 0 Å². The summed E-state index contributed by atoms with van der Waals surface area (Å²) in [4.78, 5) is 44.5. The van der Waals surface area contributed by atoms with Crippen LogP contribution >= 0.6 is 0 Å². The number of carboxylic acid groups (broad SMARTS) is 2. The standard InChI is InChI=1S/C12H10O9/c13-4-8(14)12(20)21-11(19)6-2-1-5(9(15)16)3-7(6)10(17)18/h1-3,8,13-14H,4H2,(H,15,16)(H,17,18). The molecule has 0 bridgehead atoms. The number of carboxylic acids is 2. The second kappa shape index (κ2) is 6.59. The minimum Gasteiger partial charge on any atom is -0.478 e. The lowest BCUT2D eigenvalue weighted by Gasteiger charge is -2.08. The molecule has 0 aliphatic carbocycles. The van der Waals surface area contributed by atoms with E-state index < -0.39 is 47.7 Å². The number of rotatable bonds is 5. The third-order valence-corrected chi connectivity index (χ3v) is 2.36. The van der Waals surface area contributed by atoms with Gasteiger partial charge in [-0.15, -0.1) is 0 Å². The van der Waals surface area contributed by atoms with E-state index in [0.29, 0.717) is 0 Å². The van der Waals surface area contributed by atoms with E-state index in [4.69, 9.17) is 20.4 Å². The fraction of sp³-hybridized carbons (Fsp3) is 0.167. The highest BCUT2D eigenvalue weighted by Crippen LogP contribution is 2.14. The number of ether oxygens (including phenoxy) is 1. The van der Waals surface area contributed by atoms with Gasteiger partial charge in [0, 0.05) is 0 Å². The number of aliphatic hydroxyl groups is 2. The van der Waals surface area contributed by atoms with Gasteiger partial charge in [0.15, 0.2) is 6.10 Å². The van der Waals surface area contributed by atoms with Crippen LogP contribution in [0.25, 0.3) is 0 Å². The first-order chi connectivity index (χ1) is 9.77. The number of hydrogen-bond acceptors (Lipinski definition) is 7. The van der Waals surface area contributed by atoms with Gasteiger partial charge >= 0.3 is 23.9 Å². The monoisotopic (exact) mass is 298 g/mol. The predicted molar refractivity (Wildman–Crippen MR) is 63.9 cm³/mol. The molecule has 9 heteroatoms. The third-order valence-electron chi connectivity index (χ3n) is 2.36. The number of hydrogen-bond donors (Lipinski definition) is 4. The van der Waals surface area contributed by atoms with Crippen LogP contribution in [0.1, 0.15) is 31.1 Å². The van der Waals surface area contributed by atoms with Gasteiger partial charge in [-0.25, -0.2) is 19.2 Å². The Labute approximate surface area is 117 Å². The molecule has 0 aromatic heterocycles. The summed E-state index contributed by atoms with van der Waals surface area (Å²) in [6.07, 6.45) is -1.94. The quantitative estimate of drug-likeness (QED) is 0.400. The number of aromatic carboxylic acids is 2. The molecule has 1 atom stereocenters. The van der Waals surface area contributed by atoms with Crippen molar-refractivity contribution < 1.29 is 44.3 Å². The molecular weight excluding hydrogens is 288 g/mol. The normalized spacial score (nSPS) is 11.5. The minimum absolute atomic E-state index is 0.370. The molecule has 112 valence electrons. The van der Waals surface area contributed by atoms with Crippen LogP contribution in [0, 0.1) is 0 Å². The highest BCUT2D eigenvalue weighted by atomic mass is 16.6. The maximum Gasteiger partial charge on any atom is 0.346 e. The molecule has 0 fully saturated rings. The number of esters is 2. The van der Waals surface area contributed by atoms with E-state index in [9.17, 15) is 19.2 Å². The topological polar surface area (TPSA) is 158 Å². The smallest absolute Gasteiger partial charge is 0.346 e. The molecule has 1 unspecified atom stereocenters. The zero-order valence-electron chi connectivity index (χ0n) is 10.3. The highest BCUT2D eigenvalue weighted by Gasteiger charge is 2.24.